The minimum Gasteiger partial charge on any atom is -0.448 e. The lowest BCUT2D eigenvalue weighted by Gasteiger charge is -2.17. The Balaban J connectivity index is 1.47. The molecule has 2 fully saturated rings. The van der Waals surface area contributed by atoms with E-state index in [2.05, 4.69) is 9.97 Å². The van der Waals surface area contributed by atoms with Crippen LogP contribution in [0.1, 0.15) is 40.8 Å². The molecule has 1 aliphatic heterocycles. The van der Waals surface area contributed by atoms with Crippen LogP contribution >= 0.6 is 0 Å². The number of likely N-dealkylation sites (tertiary alicyclic amines) is 1. The highest BCUT2D eigenvalue weighted by molar-refractivity contribution is 5.92. The number of aromatic nitrogens is 2. The van der Waals surface area contributed by atoms with Crippen molar-refractivity contribution >= 4 is 5.91 Å². The summed E-state index contributed by atoms with van der Waals surface area (Å²) < 4.78 is 11.1. The van der Waals surface area contributed by atoms with E-state index in [4.69, 9.17) is 9.15 Å². The summed E-state index contributed by atoms with van der Waals surface area (Å²) in [7, 11) is 0. The molecule has 1 amide bonds. The Labute approximate surface area is 147 Å². The second kappa shape index (κ2) is 6.96. The molecular weight excluding hydrogens is 318 g/mol. The van der Waals surface area contributed by atoms with Crippen LogP contribution in [0.3, 0.4) is 0 Å². The Morgan fingerprint density at radius 1 is 1.32 bits per heavy atom. The van der Waals surface area contributed by atoms with E-state index in [1.807, 2.05) is 29.3 Å². The van der Waals surface area contributed by atoms with Crippen molar-refractivity contribution in [1.82, 2.24) is 14.9 Å². The van der Waals surface area contributed by atoms with Gasteiger partial charge < -0.3 is 14.1 Å². The van der Waals surface area contributed by atoms with Crippen LogP contribution in [0.15, 0.2) is 35.1 Å². The van der Waals surface area contributed by atoms with Gasteiger partial charge in [-0.1, -0.05) is 6.07 Å². The van der Waals surface area contributed by atoms with Gasteiger partial charge in [0.25, 0.3) is 5.91 Å². The van der Waals surface area contributed by atoms with Gasteiger partial charge in [-0.2, -0.15) is 0 Å². The number of carbonyl (C=O) groups is 1. The first-order chi connectivity index (χ1) is 12.2. The molecule has 3 heterocycles. The molecule has 2 atom stereocenters. The van der Waals surface area contributed by atoms with Gasteiger partial charge in [0.15, 0.2) is 11.6 Å². The smallest absolute Gasteiger partial charge is 0.275 e. The van der Waals surface area contributed by atoms with Gasteiger partial charge in [-0.3, -0.25) is 9.78 Å². The summed E-state index contributed by atoms with van der Waals surface area (Å²) in [6.45, 7) is 4.54. The molecule has 0 N–H and O–H groups in total. The summed E-state index contributed by atoms with van der Waals surface area (Å²) in [5.41, 5.74) is 1.39. The van der Waals surface area contributed by atoms with Crippen molar-refractivity contribution in [2.45, 2.75) is 25.7 Å². The molecule has 25 heavy (non-hydrogen) atoms. The predicted octanol–water partition coefficient (Wildman–Crippen LogP) is 2.66. The molecule has 0 unspecified atom stereocenters. The number of rotatable bonds is 6. The quantitative estimate of drug-likeness (QED) is 0.808. The van der Waals surface area contributed by atoms with Crippen LogP contribution in [0.25, 0.3) is 0 Å². The topological polar surface area (TPSA) is 68.5 Å². The number of oxazole rings is 1. The highest BCUT2D eigenvalue weighted by Crippen LogP contribution is 2.34. The van der Waals surface area contributed by atoms with E-state index in [1.165, 1.54) is 19.1 Å². The first-order valence-corrected chi connectivity index (χ1v) is 8.91. The molecule has 0 aromatic carbocycles. The molecule has 4 rings (SSSR count). The number of hydrogen-bond donors (Lipinski definition) is 0. The van der Waals surface area contributed by atoms with E-state index in [1.54, 1.807) is 6.92 Å². The minimum absolute atomic E-state index is 0.0810. The summed E-state index contributed by atoms with van der Waals surface area (Å²) in [6.07, 6.45) is 5.81. The van der Waals surface area contributed by atoms with E-state index in [0.717, 1.165) is 18.2 Å². The maximum atomic E-state index is 12.7. The van der Waals surface area contributed by atoms with Crippen LogP contribution in [0.5, 0.6) is 0 Å². The Bertz CT molecular complexity index is 727. The lowest BCUT2D eigenvalue weighted by atomic mass is 9.93. The first-order valence-electron chi connectivity index (χ1n) is 8.91. The van der Waals surface area contributed by atoms with Crippen LogP contribution in [0.2, 0.25) is 0 Å². The summed E-state index contributed by atoms with van der Waals surface area (Å²) in [4.78, 5) is 23.2. The molecule has 1 saturated heterocycles. The molecule has 0 bridgehead atoms. The van der Waals surface area contributed by atoms with Gasteiger partial charge in [0.2, 0.25) is 0 Å². The summed E-state index contributed by atoms with van der Waals surface area (Å²) in [5.74, 6) is 1.61. The monoisotopic (exact) mass is 341 g/mol. The van der Waals surface area contributed by atoms with E-state index < -0.39 is 0 Å². The number of pyridine rings is 1. The van der Waals surface area contributed by atoms with E-state index >= 15 is 0 Å². The number of carbonyl (C=O) groups excluding carboxylic acids is 1. The Morgan fingerprint density at radius 3 is 2.88 bits per heavy atom. The number of aryl methyl sites for hydroxylation is 1. The van der Waals surface area contributed by atoms with E-state index in [0.29, 0.717) is 31.3 Å². The van der Waals surface area contributed by atoms with Crippen molar-refractivity contribution < 1.29 is 13.9 Å². The molecule has 0 spiro atoms. The molecule has 6 heteroatoms. The molecule has 2 aliphatic rings. The zero-order valence-corrected chi connectivity index (χ0v) is 14.4. The summed E-state index contributed by atoms with van der Waals surface area (Å²) in [5, 5.41) is 0. The van der Waals surface area contributed by atoms with Gasteiger partial charge in [0, 0.05) is 50.3 Å². The Hall–Kier alpha value is -2.21. The van der Waals surface area contributed by atoms with Crippen LogP contribution in [-0.2, 0) is 4.74 Å². The highest BCUT2D eigenvalue weighted by Gasteiger charge is 2.38. The number of amides is 1. The second-order valence-electron chi connectivity index (χ2n) is 7.06. The Kier molecular flexibility index (Phi) is 4.53. The van der Waals surface area contributed by atoms with Crippen molar-refractivity contribution in [1.29, 1.82) is 0 Å². The van der Waals surface area contributed by atoms with Crippen LogP contribution in [0, 0.1) is 18.8 Å². The van der Waals surface area contributed by atoms with Gasteiger partial charge in [0.05, 0.1) is 6.61 Å². The van der Waals surface area contributed by atoms with Crippen molar-refractivity contribution in [2.24, 2.45) is 11.8 Å². The average molecular weight is 341 g/mol. The fourth-order valence-electron chi connectivity index (χ4n) is 3.43. The SMILES string of the molecule is Cc1nc(C(=O)N2C[C@@H](COCC3CC3)[C@H](c3ccccn3)C2)co1. The molecule has 2 aromatic rings. The molecule has 2 aromatic heterocycles. The van der Waals surface area contributed by atoms with Crippen LogP contribution in [0.4, 0.5) is 0 Å². The molecule has 0 radical (unpaired) electrons. The van der Waals surface area contributed by atoms with Crippen molar-refractivity contribution in [2.75, 3.05) is 26.3 Å². The third-order valence-corrected chi connectivity index (χ3v) is 5.02. The van der Waals surface area contributed by atoms with Gasteiger partial charge in [-0.15, -0.1) is 0 Å². The molecule has 132 valence electrons. The fraction of sp³-hybridized carbons (Fsp3) is 0.526. The lowest BCUT2D eigenvalue weighted by Crippen LogP contribution is -2.29. The minimum atomic E-state index is -0.0810. The lowest BCUT2D eigenvalue weighted by molar-refractivity contribution is 0.0734. The van der Waals surface area contributed by atoms with Crippen molar-refractivity contribution in [3.8, 4) is 0 Å². The van der Waals surface area contributed by atoms with Gasteiger partial charge in [-0.25, -0.2) is 4.98 Å². The summed E-state index contributed by atoms with van der Waals surface area (Å²) >= 11 is 0. The highest BCUT2D eigenvalue weighted by atomic mass is 16.5. The first kappa shape index (κ1) is 16.3. The second-order valence-corrected chi connectivity index (χ2v) is 7.06. The van der Waals surface area contributed by atoms with Gasteiger partial charge in [0.1, 0.15) is 6.26 Å². The van der Waals surface area contributed by atoms with Crippen molar-refractivity contribution in [3.05, 3.63) is 47.9 Å². The largest absolute Gasteiger partial charge is 0.448 e. The molecule has 6 nitrogen and oxygen atoms in total. The maximum Gasteiger partial charge on any atom is 0.275 e. The van der Waals surface area contributed by atoms with Crippen molar-refractivity contribution in [3.63, 3.8) is 0 Å². The molecular formula is C19H23N3O3. The summed E-state index contributed by atoms with van der Waals surface area (Å²) in [6, 6.07) is 5.95. The average Bonchev–Trinajstić information content (AvgIpc) is 3.19. The molecule has 1 aliphatic carbocycles. The normalized spacial score (nSPS) is 23.2. The number of nitrogens with zero attached hydrogens (tertiary/aromatic N) is 3. The number of hydrogen-bond acceptors (Lipinski definition) is 5. The van der Waals surface area contributed by atoms with Gasteiger partial charge in [-0.05, 0) is 30.9 Å². The van der Waals surface area contributed by atoms with Crippen LogP contribution in [-0.4, -0.2) is 47.1 Å². The number of ether oxygens (including phenoxy) is 1. The predicted molar refractivity (Wildman–Crippen MR) is 91.2 cm³/mol. The zero-order valence-electron chi connectivity index (χ0n) is 14.4. The maximum absolute atomic E-state index is 12.7. The standard InChI is InChI=1S/C19H23N3O3/c1-13-21-18(12-25-13)19(23)22-8-15(11-24-10-14-5-6-14)16(9-22)17-4-2-3-7-20-17/h2-4,7,12,14-16H,5-6,8-11H2,1H3/t15-,16+/m0/s1. The van der Waals surface area contributed by atoms with E-state index in [-0.39, 0.29) is 17.7 Å². The fourth-order valence-corrected chi connectivity index (χ4v) is 3.43. The Morgan fingerprint density at radius 2 is 2.20 bits per heavy atom. The van der Waals surface area contributed by atoms with Crippen LogP contribution < -0.4 is 0 Å². The third kappa shape index (κ3) is 3.74. The zero-order chi connectivity index (χ0) is 17.2. The molecule has 1 saturated carbocycles. The van der Waals surface area contributed by atoms with E-state index in [9.17, 15) is 4.79 Å². The third-order valence-electron chi connectivity index (χ3n) is 5.02. The van der Waals surface area contributed by atoms with Gasteiger partial charge >= 0.3 is 0 Å².